The van der Waals surface area contributed by atoms with E-state index >= 15 is 0 Å². The topological polar surface area (TPSA) is 94.2 Å². The summed E-state index contributed by atoms with van der Waals surface area (Å²) < 4.78 is 44.9. The summed E-state index contributed by atoms with van der Waals surface area (Å²) >= 11 is 6.07. The summed E-state index contributed by atoms with van der Waals surface area (Å²) in [5, 5.41) is 3.21. The zero-order valence-corrected chi connectivity index (χ0v) is 20.8. The van der Waals surface area contributed by atoms with Crippen LogP contribution >= 0.6 is 11.6 Å². The number of ether oxygens (including phenoxy) is 3. The van der Waals surface area contributed by atoms with Gasteiger partial charge >= 0.3 is 0 Å². The number of benzene rings is 3. The lowest BCUT2D eigenvalue weighted by Gasteiger charge is -2.35. The largest absolute Gasteiger partial charge is 0.497 e. The van der Waals surface area contributed by atoms with Gasteiger partial charge in [-0.15, -0.1) is 0 Å². The second-order valence-electron chi connectivity index (χ2n) is 7.86. The summed E-state index contributed by atoms with van der Waals surface area (Å²) in [5.74, 6) is 0.914. The molecule has 0 radical (unpaired) electrons. The van der Waals surface area contributed by atoms with Crippen molar-refractivity contribution >= 4 is 33.2 Å². The predicted octanol–water partition coefficient (Wildman–Crippen LogP) is 3.81. The van der Waals surface area contributed by atoms with Crippen molar-refractivity contribution in [1.29, 1.82) is 0 Å². The molecule has 0 fully saturated rings. The fourth-order valence-electron chi connectivity index (χ4n) is 3.61. The number of carbonyl (C=O) groups excluding carboxylic acids is 1. The van der Waals surface area contributed by atoms with Crippen molar-refractivity contribution in [3.05, 3.63) is 77.3 Å². The number of amides is 1. The maximum atomic E-state index is 13.5. The van der Waals surface area contributed by atoms with Crippen molar-refractivity contribution in [3.8, 4) is 17.2 Å². The predicted molar refractivity (Wildman–Crippen MR) is 133 cm³/mol. The number of aryl methyl sites for hydroxylation is 1. The molecule has 1 atom stereocenters. The average molecular weight is 517 g/mol. The Morgan fingerprint density at radius 1 is 1.14 bits per heavy atom. The van der Waals surface area contributed by atoms with Crippen LogP contribution in [0.15, 0.2) is 71.6 Å². The van der Waals surface area contributed by atoms with Gasteiger partial charge in [0.25, 0.3) is 15.9 Å². The molecule has 1 aliphatic rings. The normalized spacial score (nSPS) is 15.1. The number of sulfonamides is 1. The molecule has 35 heavy (non-hydrogen) atoms. The van der Waals surface area contributed by atoms with Gasteiger partial charge in [-0.3, -0.25) is 9.10 Å². The molecule has 0 unspecified atom stereocenters. The molecule has 8 nitrogen and oxygen atoms in total. The minimum Gasteiger partial charge on any atom is -0.497 e. The number of methoxy groups -OCH3 is 1. The molecule has 3 aromatic carbocycles. The van der Waals surface area contributed by atoms with Gasteiger partial charge in [0.2, 0.25) is 0 Å². The third-order valence-electron chi connectivity index (χ3n) is 5.42. The lowest BCUT2D eigenvalue weighted by atomic mass is 10.1. The van der Waals surface area contributed by atoms with Crippen LogP contribution in [0.2, 0.25) is 5.02 Å². The summed E-state index contributed by atoms with van der Waals surface area (Å²) in [4.78, 5) is 13.0. The molecule has 4 rings (SSSR count). The number of para-hydroxylation sites is 1. The average Bonchev–Trinajstić information content (AvgIpc) is 2.86. The molecule has 0 bridgehead atoms. The van der Waals surface area contributed by atoms with Crippen LogP contribution in [0.3, 0.4) is 0 Å². The Labute approximate surface area is 209 Å². The maximum absolute atomic E-state index is 13.5. The molecule has 0 spiro atoms. The van der Waals surface area contributed by atoms with Gasteiger partial charge in [0.1, 0.15) is 23.9 Å². The van der Waals surface area contributed by atoms with Crippen molar-refractivity contribution in [2.45, 2.75) is 17.9 Å². The standard InChI is InChI=1S/C25H25ClN2O6S/c1-17-7-12-23-21(15-17)28(35(30,31)19-10-8-18(32-2)9-11-19)16-24(34-23)25(29)27-13-14-33-22-6-4-3-5-20(22)26/h3-12,15,24H,13-14,16H2,1-2H3,(H,27,29)/t24-/m0/s1. The van der Waals surface area contributed by atoms with Crippen LogP contribution < -0.4 is 23.8 Å². The van der Waals surface area contributed by atoms with Crippen LogP contribution in [0, 0.1) is 6.92 Å². The van der Waals surface area contributed by atoms with Crippen LogP contribution in [0.25, 0.3) is 0 Å². The summed E-state index contributed by atoms with van der Waals surface area (Å²) in [6.45, 7) is 2.06. The number of hydrogen-bond donors (Lipinski definition) is 1. The van der Waals surface area contributed by atoms with Crippen LogP contribution in [-0.4, -0.2) is 47.2 Å². The fraction of sp³-hybridized carbons (Fsp3) is 0.240. The zero-order valence-electron chi connectivity index (χ0n) is 19.2. The Kier molecular flexibility index (Phi) is 7.37. The Morgan fingerprint density at radius 2 is 1.89 bits per heavy atom. The SMILES string of the molecule is COc1ccc(S(=O)(=O)N2C[C@@H](C(=O)NCCOc3ccccc3Cl)Oc3ccc(C)cc32)cc1. The fourth-order valence-corrected chi connectivity index (χ4v) is 5.27. The van der Waals surface area contributed by atoms with E-state index in [2.05, 4.69) is 5.32 Å². The second-order valence-corrected chi connectivity index (χ2v) is 10.1. The first-order valence-electron chi connectivity index (χ1n) is 10.9. The molecule has 1 N–H and O–H groups in total. The van der Waals surface area contributed by atoms with Gasteiger partial charge in [-0.05, 0) is 61.0 Å². The van der Waals surface area contributed by atoms with E-state index in [1.54, 1.807) is 54.6 Å². The van der Waals surface area contributed by atoms with Gasteiger partial charge in [-0.25, -0.2) is 8.42 Å². The molecule has 3 aromatic rings. The zero-order chi connectivity index (χ0) is 25.0. The highest BCUT2D eigenvalue weighted by Gasteiger charge is 2.37. The summed E-state index contributed by atoms with van der Waals surface area (Å²) in [7, 11) is -2.46. The number of carbonyl (C=O) groups is 1. The first-order chi connectivity index (χ1) is 16.8. The maximum Gasteiger partial charge on any atom is 0.264 e. The monoisotopic (exact) mass is 516 g/mol. The smallest absolute Gasteiger partial charge is 0.264 e. The Morgan fingerprint density at radius 3 is 2.60 bits per heavy atom. The van der Waals surface area contributed by atoms with Crippen molar-refractivity contribution in [2.75, 3.05) is 31.1 Å². The summed E-state index contributed by atoms with van der Waals surface area (Å²) in [5.41, 5.74) is 1.24. The van der Waals surface area contributed by atoms with Crippen LogP contribution in [0.5, 0.6) is 17.2 Å². The minimum atomic E-state index is -3.97. The minimum absolute atomic E-state index is 0.0833. The molecule has 1 heterocycles. The molecule has 0 saturated heterocycles. The number of rotatable bonds is 8. The van der Waals surface area contributed by atoms with Gasteiger partial charge in [0, 0.05) is 0 Å². The molecular formula is C25H25ClN2O6S. The first kappa shape index (κ1) is 24.7. The number of nitrogens with zero attached hydrogens (tertiary/aromatic N) is 1. The lowest BCUT2D eigenvalue weighted by Crippen LogP contribution is -2.51. The van der Waals surface area contributed by atoms with E-state index in [9.17, 15) is 13.2 Å². The summed E-state index contributed by atoms with van der Waals surface area (Å²) in [6.07, 6.45) is -1.04. The van der Waals surface area contributed by atoms with Crippen molar-refractivity contribution in [2.24, 2.45) is 0 Å². The molecule has 0 aliphatic carbocycles. The first-order valence-corrected chi connectivity index (χ1v) is 12.7. The van der Waals surface area contributed by atoms with E-state index in [1.807, 2.05) is 6.92 Å². The van der Waals surface area contributed by atoms with Gasteiger partial charge in [-0.1, -0.05) is 29.8 Å². The highest BCUT2D eigenvalue weighted by atomic mass is 35.5. The number of hydrogen-bond acceptors (Lipinski definition) is 6. The highest BCUT2D eigenvalue weighted by molar-refractivity contribution is 7.92. The Bertz CT molecular complexity index is 1310. The Balaban J connectivity index is 1.50. The van der Waals surface area contributed by atoms with Gasteiger partial charge in [-0.2, -0.15) is 0 Å². The van der Waals surface area contributed by atoms with E-state index in [4.69, 9.17) is 25.8 Å². The molecule has 0 saturated carbocycles. The van der Waals surface area contributed by atoms with Crippen molar-refractivity contribution in [3.63, 3.8) is 0 Å². The van der Waals surface area contributed by atoms with Crippen LogP contribution in [0.4, 0.5) is 5.69 Å². The molecule has 1 amide bonds. The summed E-state index contributed by atoms with van der Waals surface area (Å²) in [6, 6.07) is 18.3. The number of fused-ring (bicyclic) bond motifs is 1. The molecule has 0 aromatic heterocycles. The number of halogens is 1. The van der Waals surface area contributed by atoms with E-state index in [0.717, 1.165) is 5.56 Å². The molecule has 10 heteroatoms. The van der Waals surface area contributed by atoms with E-state index in [-0.39, 0.29) is 24.6 Å². The van der Waals surface area contributed by atoms with Gasteiger partial charge in [0.15, 0.2) is 6.10 Å². The van der Waals surface area contributed by atoms with Gasteiger partial charge in [0.05, 0.1) is 35.8 Å². The van der Waals surface area contributed by atoms with E-state index in [1.165, 1.54) is 23.5 Å². The number of anilines is 1. The van der Waals surface area contributed by atoms with Crippen LogP contribution in [-0.2, 0) is 14.8 Å². The quantitative estimate of drug-likeness (QED) is 0.458. The number of nitrogens with one attached hydrogen (secondary N) is 1. The van der Waals surface area contributed by atoms with E-state index < -0.39 is 22.0 Å². The lowest BCUT2D eigenvalue weighted by molar-refractivity contribution is -0.127. The highest BCUT2D eigenvalue weighted by Crippen LogP contribution is 2.38. The van der Waals surface area contributed by atoms with Crippen molar-refractivity contribution in [1.82, 2.24) is 5.32 Å². The molecule has 1 aliphatic heterocycles. The van der Waals surface area contributed by atoms with Crippen LogP contribution in [0.1, 0.15) is 5.56 Å². The molecular weight excluding hydrogens is 492 g/mol. The second kappa shape index (κ2) is 10.5. The van der Waals surface area contributed by atoms with E-state index in [0.29, 0.717) is 28.0 Å². The Hall–Kier alpha value is -3.43. The third-order valence-corrected chi connectivity index (χ3v) is 7.53. The molecule has 184 valence electrons. The van der Waals surface area contributed by atoms with Gasteiger partial charge < -0.3 is 19.5 Å². The van der Waals surface area contributed by atoms with Crippen molar-refractivity contribution < 1.29 is 27.4 Å². The third kappa shape index (κ3) is 5.47.